The van der Waals surface area contributed by atoms with Crippen LogP contribution < -0.4 is 10.6 Å². The zero-order valence-corrected chi connectivity index (χ0v) is 19.1. The summed E-state index contributed by atoms with van der Waals surface area (Å²) in [5.41, 5.74) is 0. The van der Waals surface area contributed by atoms with Crippen molar-refractivity contribution in [3.8, 4) is 0 Å². The third kappa shape index (κ3) is 7.40. The first kappa shape index (κ1) is 23.2. The van der Waals surface area contributed by atoms with Crippen LogP contribution in [-0.4, -0.2) is 33.8 Å². The summed E-state index contributed by atoms with van der Waals surface area (Å²) in [6.07, 6.45) is 9.85. The first-order chi connectivity index (χ1) is 12.3. The van der Waals surface area contributed by atoms with Gasteiger partial charge in [-0.05, 0) is 32.1 Å². The third-order valence-corrected chi connectivity index (χ3v) is 5.01. The van der Waals surface area contributed by atoms with E-state index in [1.807, 2.05) is 0 Å². The maximum atomic E-state index is 4.75. The fourth-order valence-corrected chi connectivity index (χ4v) is 3.34. The maximum absolute atomic E-state index is 4.75. The molecule has 1 aromatic rings. The Balaban J connectivity index is 0.00000338. The summed E-state index contributed by atoms with van der Waals surface area (Å²) in [5.74, 6) is 3.73. The van der Waals surface area contributed by atoms with Crippen molar-refractivity contribution in [2.75, 3.05) is 13.1 Å². The average molecular weight is 476 g/mol. The molecular weight excluding hydrogens is 439 g/mol. The van der Waals surface area contributed by atoms with Crippen LogP contribution in [0.25, 0.3) is 0 Å². The van der Waals surface area contributed by atoms with Crippen molar-refractivity contribution in [2.45, 2.75) is 85.2 Å². The molecule has 7 heteroatoms. The standard InChI is InChI=1S/C19H36N6.HI/c1-4-7-11-16(5-2)14-21-19(20-6-3)22-15-18-24-23-17-12-9-8-10-13-25(17)18;/h16H,4-15H2,1-3H3,(H2,20,21,22);1H. The second-order valence-electron chi connectivity index (χ2n) is 6.99. The molecule has 0 fully saturated rings. The number of rotatable bonds is 9. The van der Waals surface area contributed by atoms with Crippen LogP contribution in [0, 0.1) is 5.92 Å². The largest absolute Gasteiger partial charge is 0.357 e. The number of hydrogen-bond donors (Lipinski definition) is 2. The van der Waals surface area contributed by atoms with E-state index in [9.17, 15) is 0 Å². The lowest BCUT2D eigenvalue weighted by Crippen LogP contribution is -2.39. The first-order valence-electron chi connectivity index (χ1n) is 10.2. The van der Waals surface area contributed by atoms with Gasteiger partial charge in [-0.1, -0.05) is 39.5 Å². The van der Waals surface area contributed by atoms with Crippen molar-refractivity contribution in [1.29, 1.82) is 0 Å². The Morgan fingerprint density at radius 1 is 1.15 bits per heavy atom. The van der Waals surface area contributed by atoms with Crippen LogP contribution in [0.1, 0.15) is 77.4 Å². The predicted octanol–water partition coefficient (Wildman–Crippen LogP) is 3.89. The molecule has 26 heavy (non-hydrogen) atoms. The smallest absolute Gasteiger partial charge is 0.191 e. The molecule has 2 rings (SSSR count). The number of aliphatic imine (C=N–C) groups is 1. The highest BCUT2D eigenvalue weighted by Crippen LogP contribution is 2.15. The maximum Gasteiger partial charge on any atom is 0.191 e. The highest BCUT2D eigenvalue weighted by Gasteiger charge is 2.14. The van der Waals surface area contributed by atoms with Gasteiger partial charge in [0.1, 0.15) is 12.4 Å². The van der Waals surface area contributed by atoms with Crippen LogP contribution in [0.2, 0.25) is 0 Å². The Morgan fingerprint density at radius 2 is 2.00 bits per heavy atom. The molecular formula is C19H37IN6. The highest BCUT2D eigenvalue weighted by atomic mass is 127. The average Bonchev–Trinajstić information content (AvgIpc) is 2.86. The van der Waals surface area contributed by atoms with E-state index in [1.54, 1.807) is 0 Å². The van der Waals surface area contributed by atoms with Crippen molar-refractivity contribution in [1.82, 2.24) is 25.4 Å². The topological polar surface area (TPSA) is 67.1 Å². The number of fused-ring (bicyclic) bond motifs is 1. The van der Waals surface area contributed by atoms with Crippen LogP contribution in [-0.2, 0) is 19.5 Å². The van der Waals surface area contributed by atoms with Gasteiger partial charge in [-0.3, -0.25) is 0 Å². The Hall–Kier alpha value is -0.860. The molecule has 0 aliphatic carbocycles. The molecule has 0 spiro atoms. The van der Waals surface area contributed by atoms with Gasteiger partial charge in [0.25, 0.3) is 0 Å². The van der Waals surface area contributed by atoms with E-state index in [0.717, 1.165) is 43.7 Å². The third-order valence-electron chi connectivity index (χ3n) is 5.01. The van der Waals surface area contributed by atoms with E-state index in [1.165, 1.54) is 44.9 Å². The molecule has 1 aliphatic heterocycles. The molecule has 6 nitrogen and oxygen atoms in total. The number of guanidine groups is 1. The molecule has 0 bridgehead atoms. The van der Waals surface area contributed by atoms with E-state index >= 15 is 0 Å². The minimum Gasteiger partial charge on any atom is -0.357 e. The molecule has 0 amide bonds. The molecule has 0 radical (unpaired) electrons. The fraction of sp³-hybridized carbons (Fsp3) is 0.842. The minimum atomic E-state index is 0. The van der Waals surface area contributed by atoms with Crippen molar-refractivity contribution in [2.24, 2.45) is 10.9 Å². The number of aromatic nitrogens is 3. The molecule has 1 unspecified atom stereocenters. The number of aryl methyl sites for hydroxylation is 1. The molecule has 1 aromatic heterocycles. The van der Waals surface area contributed by atoms with Gasteiger partial charge in [0.2, 0.25) is 0 Å². The minimum absolute atomic E-state index is 0. The SMILES string of the molecule is CCCCC(CC)CNC(=NCc1nnc2n1CCCCC2)NCC.I. The Kier molecular flexibility index (Phi) is 11.9. The summed E-state index contributed by atoms with van der Waals surface area (Å²) in [4.78, 5) is 4.75. The second kappa shape index (κ2) is 13.3. The fourth-order valence-electron chi connectivity index (χ4n) is 3.34. The Bertz CT molecular complexity index is 528. The zero-order chi connectivity index (χ0) is 17.9. The molecule has 0 aromatic carbocycles. The van der Waals surface area contributed by atoms with Crippen LogP contribution in [0.3, 0.4) is 0 Å². The lowest BCUT2D eigenvalue weighted by Gasteiger charge is -2.18. The van der Waals surface area contributed by atoms with E-state index in [2.05, 4.69) is 46.2 Å². The summed E-state index contributed by atoms with van der Waals surface area (Å²) in [5, 5.41) is 15.6. The van der Waals surface area contributed by atoms with Gasteiger partial charge in [0, 0.05) is 26.1 Å². The van der Waals surface area contributed by atoms with Gasteiger partial charge in [-0.15, -0.1) is 34.2 Å². The zero-order valence-electron chi connectivity index (χ0n) is 16.8. The molecule has 1 aliphatic rings. The predicted molar refractivity (Wildman–Crippen MR) is 119 cm³/mol. The quantitative estimate of drug-likeness (QED) is 0.323. The lowest BCUT2D eigenvalue weighted by atomic mass is 9.99. The lowest BCUT2D eigenvalue weighted by molar-refractivity contribution is 0.443. The van der Waals surface area contributed by atoms with Crippen LogP contribution in [0.15, 0.2) is 4.99 Å². The summed E-state index contributed by atoms with van der Waals surface area (Å²) in [6.45, 7) is 10.1. The van der Waals surface area contributed by atoms with Gasteiger partial charge in [-0.2, -0.15) is 0 Å². The molecule has 2 N–H and O–H groups in total. The molecule has 150 valence electrons. The van der Waals surface area contributed by atoms with Gasteiger partial charge >= 0.3 is 0 Å². The van der Waals surface area contributed by atoms with Crippen molar-refractivity contribution in [3.63, 3.8) is 0 Å². The summed E-state index contributed by atoms with van der Waals surface area (Å²) >= 11 is 0. The van der Waals surface area contributed by atoms with Crippen LogP contribution >= 0.6 is 24.0 Å². The Morgan fingerprint density at radius 3 is 2.73 bits per heavy atom. The molecule has 0 saturated carbocycles. The molecule has 1 atom stereocenters. The molecule has 2 heterocycles. The van der Waals surface area contributed by atoms with Crippen molar-refractivity contribution in [3.05, 3.63) is 11.6 Å². The first-order valence-corrected chi connectivity index (χ1v) is 10.2. The summed E-state index contributed by atoms with van der Waals surface area (Å²) < 4.78 is 2.27. The van der Waals surface area contributed by atoms with Gasteiger partial charge in [0.05, 0.1) is 0 Å². The van der Waals surface area contributed by atoms with Gasteiger partial charge in [0.15, 0.2) is 11.8 Å². The highest BCUT2D eigenvalue weighted by molar-refractivity contribution is 14.0. The number of hydrogen-bond acceptors (Lipinski definition) is 3. The van der Waals surface area contributed by atoms with Crippen LogP contribution in [0.4, 0.5) is 0 Å². The number of nitrogens with one attached hydrogen (secondary N) is 2. The van der Waals surface area contributed by atoms with Crippen molar-refractivity contribution < 1.29 is 0 Å². The normalized spacial score (nSPS) is 15.6. The van der Waals surface area contributed by atoms with E-state index in [4.69, 9.17) is 4.99 Å². The monoisotopic (exact) mass is 476 g/mol. The number of halogens is 1. The van der Waals surface area contributed by atoms with Gasteiger partial charge < -0.3 is 15.2 Å². The van der Waals surface area contributed by atoms with E-state index in [-0.39, 0.29) is 24.0 Å². The molecule has 0 saturated heterocycles. The van der Waals surface area contributed by atoms with E-state index < -0.39 is 0 Å². The summed E-state index contributed by atoms with van der Waals surface area (Å²) in [6, 6.07) is 0. The Labute approximate surface area is 176 Å². The number of nitrogens with zero attached hydrogens (tertiary/aromatic N) is 4. The van der Waals surface area contributed by atoms with E-state index in [0.29, 0.717) is 12.5 Å². The van der Waals surface area contributed by atoms with Crippen LogP contribution in [0.5, 0.6) is 0 Å². The van der Waals surface area contributed by atoms with Crippen molar-refractivity contribution >= 4 is 29.9 Å². The number of unbranched alkanes of at least 4 members (excludes halogenated alkanes) is 1. The van der Waals surface area contributed by atoms with Gasteiger partial charge in [-0.25, -0.2) is 4.99 Å². The summed E-state index contributed by atoms with van der Waals surface area (Å²) in [7, 11) is 0. The second-order valence-corrected chi connectivity index (χ2v) is 6.99.